The lowest BCUT2D eigenvalue weighted by atomic mass is 10.1. The number of amides is 2. The fourth-order valence-electron chi connectivity index (χ4n) is 2.19. The third-order valence-electron chi connectivity index (χ3n) is 3.26. The molecule has 0 unspecified atom stereocenters. The van der Waals surface area contributed by atoms with E-state index in [2.05, 4.69) is 5.32 Å². The van der Waals surface area contributed by atoms with Crippen LogP contribution >= 0.6 is 0 Å². The van der Waals surface area contributed by atoms with E-state index in [9.17, 15) is 9.59 Å². The van der Waals surface area contributed by atoms with Crippen LogP contribution in [0.5, 0.6) is 0 Å². The van der Waals surface area contributed by atoms with Crippen molar-refractivity contribution in [3.63, 3.8) is 0 Å². The molecule has 0 aliphatic carbocycles. The van der Waals surface area contributed by atoms with Gasteiger partial charge in [0.2, 0.25) is 5.91 Å². The lowest BCUT2D eigenvalue weighted by Crippen LogP contribution is -2.42. The van der Waals surface area contributed by atoms with Crippen LogP contribution in [-0.2, 0) is 4.79 Å². The van der Waals surface area contributed by atoms with Crippen LogP contribution in [0.15, 0.2) is 24.3 Å². The molecule has 0 aromatic heterocycles. The summed E-state index contributed by atoms with van der Waals surface area (Å²) in [6.45, 7) is 1.65. The van der Waals surface area contributed by atoms with E-state index < -0.39 is 0 Å². The highest BCUT2D eigenvalue weighted by Gasteiger charge is 2.17. The van der Waals surface area contributed by atoms with Crippen LogP contribution < -0.4 is 11.1 Å². The van der Waals surface area contributed by atoms with E-state index in [4.69, 9.17) is 5.73 Å². The zero-order chi connectivity index (χ0) is 13.7. The van der Waals surface area contributed by atoms with Crippen molar-refractivity contribution in [2.24, 2.45) is 0 Å². The SMILES string of the molecule is Nc1cccc(C(=O)NCC(=O)N2CCCCC2)c1. The Morgan fingerprint density at radius 3 is 2.63 bits per heavy atom. The number of nitrogen functional groups attached to an aromatic ring is 1. The number of hydrogen-bond donors (Lipinski definition) is 2. The molecule has 0 spiro atoms. The first kappa shape index (κ1) is 13.4. The molecule has 1 heterocycles. The summed E-state index contributed by atoms with van der Waals surface area (Å²) in [6, 6.07) is 6.71. The summed E-state index contributed by atoms with van der Waals surface area (Å²) in [5, 5.41) is 2.64. The molecule has 5 nitrogen and oxygen atoms in total. The fourth-order valence-corrected chi connectivity index (χ4v) is 2.19. The van der Waals surface area contributed by atoms with Gasteiger partial charge >= 0.3 is 0 Å². The Morgan fingerprint density at radius 1 is 1.21 bits per heavy atom. The van der Waals surface area contributed by atoms with Gasteiger partial charge in [0.15, 0.2) is 0 Å². The number of carbonyl (C=O) groups excluding carboxylic acids is 2. The number of piperidine rings is 1. The van der Waals surface area contributed by atoms with Crippen LogP contribution in [0, 0.1) is 0 Å². The third-order valence-corrected chi connectivity index (χ3v) is 3.26. The van der Waals surface area contributed by atoms with Crippen molar-refractivity contribution >= 4 is 17.5 Å². The molecule has 0 atom stereocenters. The smallest absolute Gasteiger partial charge is 0.251 e. The molecule has 1 aromatic rings. The van der Waals surface area contributed by atoms with Gasteiger partial charge in [-0.2, -0.15) is 0 Å². The van der Waals surface area contributed by atoms with E-state index in [1.165, 1.54) is 6.42 Å². The van der Waals surface area contributed by atoms with Crippen LogP contribution in [0.3, 0.4) is 0 Å². The van der Waals surface area contributed by atoms with Crippen molar-refractivity contribution < 1.29 is 9.59 Å². The van der Waals surface area contributed by atoms with Gasteiger partial charge in [0.25, 0.3) is 5.91 Å². The molecule has 2 rings (SSSR count). The van der Waals surface area contributed by atoms with Crippen LogP contribution in [-0.4, -0.2) is 36.3 Å². The standard InChI is InChI=1S/C14H19N3O2/c15-12-6-4-5-11(9-12)14(19)16-10-13(18)17-7-2-1-3-8-17/h4-6,9H,1-3,7-8,10,15H2,(H,16,19). The summed E-state index contributed by atoms with van der Waals surface area (Å²) in [5.41, 5.74) is 6.63. The van der Waals surface area contributed by atoms with E-state index in [0.29, 0.717) is 11.3 Å². The molecule has 19 heavy (non-hydrogen) atoms. The highest BCUT2D eigenvalue weighted by molar-refractivity contribution is 5.97. The highest BCUT2D eigenvalue weighted by Crippen LogP contribution is 2.09. The molecule has 0 radical (unpaired) electrons. The zero-order valence-corrected chi connectivity index (χ0v) is 10.9. The van der Waals surface area contributed by atoms with Gasteiger partial charge in [-0.15, -0.1) is 0 Å². The van der Waals surface area contributed by atoms with Crippen molar-refractivity contribution in [1.82, 2.24) is 10.2 Å². The maximum atomic E-state index is 11.9. The molecule has 1 aromatic carbocycles. The number of rotatable bonds is 3. The van der Waals surface area contributed by atoms with Gasteiger partial charge in [-0.25, -0.2) is 0 Å². The normalized spacial score (nSPS) is 15.1. The molecule has 0 bridgehead atoms. The number of benzene rings is 1. The Hall–Kier alpha value is -2.04. The average molecular weight is 261 g/mol. The van der Waals surface area contributed by atoms with Crippen molar-refractivity contribution in [2.45, 2.75) is 19.3 Å². The van der Waals surface area contributed by atoms with Crippen LogP contribution in [0.1, 0.15) is 29.6 Å². The van der Waals surface area contributed by atoms with E-state index in [0.717, 1.165) is 25.9 Å². The zero-order valence-electron chi connectivity index (χ0n) is 10.9. The predicted octanol–water partition coefficient (Wildman–Crippen LogP) is 1.01. The van der Waals surface area contributed by atoms with E-state index in [1.54, 1.807) is 24.3 Å². The Labute approximate surface area is 112 Å². The van der Waals surface area contributed by atoms with Gasteiger partial charge in [-0.3, -0.25) is 9.59 Å². The molecule has 1 aliphatic heterocycles. The van der Waals surface area contributed by atoms with Gasteiger partial charge in [-0.1, -0.05) is 6.07 Å². The molecule has 102 valence electrons. The van der Waals surface area contributed by atoms with Crippen LogP contribution in [0.2, 0.25) is 0 Å². The lowest BCUT2D eigenvalue weighted by molar-refractivity contribution is -0.130. The van der Waals surface area contributed by atoms with E-state index in [-0.39, 0.29) is 18.4 Å². The maximum Gasteiger partial charge on any atom is 0.251 e. The second kappa shape index (κ2) is 6.22. The van der Waals surface area contributed by atoms with Gasteiger partial charge in [0.05, 0.1) is 6.54 Å². The molecule has 1 fully saturated rings. The summed E-state index contributed by atoms with van der Waals surface area (Å²) >= 11 is 0. The quantitative estimate of drug-likeness (QED) is 0.797. The number of nitrogens with two attached hydrogens (primary N) is 1. The number of anilines is 1. The van der Waals surface area contributed by atoms with Crippen molar-refractivity contribution in [1.29, 1.82) is 0 Å². The van der Waals surface area contributed by atoms with Gasteiger partial charge in [0, 0.05) is 24.3 Å². The Kier molecular flexibility index (Phi) is 4.39. The van der Waals surface area contributed by atoms with Gasteiger partial charge in [-0.05, 0) is 37.5 Å². The predicted molar refractivity (Wildman–Crippen MR) is 73.6 cm³/mol. The maximum absolute atomic E-state index is 11.9. The number of nitrogens with one attached hydrogen (secondary N) is 1. The minimum atomic E-state index is -0.266. The summed E-state index contributed by atoms with van der Waals surface area (Å²) in [6.07, 6.45) is 3.28. The fraction of sp³-hybridized carbons (Fsp3) is 0.429. The van der Waals surface area contributed by atoms with Crippen LogP contribution in [0.4, 0.5) is 5.69 Å². The number of nitrogens with zero attached hydrogens (tertiary/aromatic N) is 1. The monoisotopic (exact) mass is 261 g/mol. The van der Waals surface area contributed by atoms with E-state index >= 15 is 0 Å². The number of hydrogen-bond acceptors (Lipinski definition) is 3. The first-order valence-corrected chi connectivity index (χ1v) is 6.58. The number of carbonyl (C=O) groups is 2. The molecule has 1 saturated heterocycles. The summed E-state index contributed by atoms with van der Waals surface area (Å²) in [7, 11) is 0. The first-order valence-electron chi connectivity index (χ1n) is 6.58. The molecule has 2 amide bonds. The third kappa shape index (κ3) is 3.71. The van der Waals surface area contributed by atoms with Crippen molar-refractivity contribution in [3.8, 4) is 0 Å². The molecular formula is C14H19N3O2. The molecule has 1 aliphatic rings. The summed E-state index contributed by atoms with van der Waals surface area (Å²) < 4.78 is 0. The second-order valence-corrected chi connectivity index (χ2v) is 4.75. The summed E-state index contributed by atoms with van der Waals surface area (Å²) in [4.78, 5) is 25.5. The number of likely N-dealkylation sites (tertiary alicyclic amines) is 1. The van der Waals surface area contributed by atoms with E-state index in [1.807, 2.05) is 4.90 Å². The minimum Gasteiger partial charge on any atom is -0.399 e. The minimum absolute atomic E-state index is 0.0167. The molecule has 3 N–H and O–H groups in total. The average Bonchev–Trinajstić information content (AvgIpc) is 2.45. The van der Waals surface area contributed by atoms with Crippen molar-refractivity contribution in [2.75, 3.05) is 25.4 Å². The van der Waals surface area contributed by atoms with Gasteiger partial charge in [0.1, 0.15) is 0 Å². The Bertz CT molecular complexity index is 468. The van der Waals surface area contributed by atoms with Crippen molar-refractivity contribution in [3.05, 3.63) is 29.8 Å². The first-order chi connectivity index (χ1) is 9.16. The topological polar surface area (TPSA) is 75.4 Å². The highest BCUT2D eigenvalue weighted by atomic mass is 16.2. The molecular weight excluding hydrogens is 242 g/mol. The van der Waals surface area contributed by atoms with Gasteiger partial charge < -0.3 is 16.0 Å². The largest absolute Gasteiger partial charge is 0.399 e. The summed E-state index contributed by atoms with van der Waals surface area (Å²) in [5.74, 6) is -0.283. The molecule has 0 saturated carbocycles. The lowest BCUT2D eigenvalue weighted by Gasteiger charge is -2.26. The molecule has 5 heteroatoms. The Balaban J connectivity index is 1.84. The van der Waals surface area contributed by atoms with Crippen LogP contribution in [0.25, 0.3) is 0 Å². The second-order valence-electron chi connectivity index (χ2n) is 4.75. The Morgan fingerprint density at radius 2 is 1.95 bits per heavy atom.